The molecule has 0 saturated carbocycles. The van der Waals surface area contributed by atoms with Crippen molar-refractivity contribution in [3.8, 4) is 11.6 Å². The number of nitrogens with zero attached hydrogens (tertiary/aromatic N) is 4. The molecule has 0 aliphatic carbocycles. The Bertz CT molecular complexity index is 939. The summed E-state index contributed by atoms with van der Waals surface area (Å²) in [6.45, 7) is 2.39. The third kappa shape index (κ3) is 4.34. The normalized spacial score (nSPS) is 10.7. The molecule has 0 saturated heterocycles. The first-order valence-electron chi connectivity index (χ1n) is 8.08. The molecule has 3 aromatic rings. The van der Waals surface area contributed by atoms with Crippen molar-refractivity contribution in [2.45, 2.75) is 25.2 Å². The van der Waals surface area contributed by atoms with Gasteiger partial charge in [0.25, 0.3) is 5.69 Å². The number of hydrogen-bond donors (Lipinski definition) is 0. The van der Waals surface area contributed by atoms with Crippen molar-refractivity contribution >= 4 is 23.4 Å². The SMILES string of the molecule is CCn1c(SCC(=O)OCc2ccccc2[N+](=O)[O-])nnc1-c1ccco1. The van der Waals surface area contributed by atoms with Crippen molar-refractivity contribution in [2.24, 2.45) is 0 Å². The number of nitro benzene ring substituents is 1. The topological polar surface area (TPSA) is 113 Å². The van der Waals surface area contributed by atoms with Crippen molar-refractivity contribution in [3.63, 3.8) is 0 Å². The maximum atomic E-state index is 12.0. The van der Waals surface area contributed by atoms with Gasteiger partial charge in [-0.3, -0.25) is 19.5 Å². The van der Waals surface area contributed by atoms with E-state index in [0.717, 1.165) is 0 Å². The molecule has 0 radical (unpaired) electrons. The van der Waals surface area contributed by atoms with Crippen LogP contribution in [0.2, 0.25) is 0 Å². The maximum absolute atomic E-state index is 12.0. The molecule has 1 aromatic carbocycles. The number of esters is 1. The number of para-hydroxylation sites is 1. The largest absolute Gasteiger partial charge is 0.461 e. The number of aromatic nitrogens is 3. The number of carbonyl (C=O) groups excluding carboxylic acids is 1. The van der Waals surface area contributed by atoms with Crippen LogP contribution in [0.5, 0.6) is 0 Å². The van der Waals surface area contributed by atoms with E-state index in [2.05, 4.69) is 10.2 Å². The number of furan rings is 1. The van der Waals surface area contributed by atoms with Crippen molar-refractivity contribution < 1.29 is 18.9 Å². The van der Waals surface area contributed by atoms with Gasteiger partial charge in [-0.25, -0.2) is 0 Å². The van der Waals surface area contributed by atoms with E-state index in [1.165, 1.54) is 17.8 Å². The smallest absolute Gasteiger partial charge is 0.316 e. The van der Waals surface area contributed by atoms with Gasteiger partial charge < -0.3 is 9.15 Å². The van der Waals surface area contributed by atoms with Crippen LogP contribution in [0.15, 0.2) is 52.2 Å². The number of hydrogen-bond acceptors (Lipinski definition) is 8. The van der Waals surface area contributed by atoms with Gasteiger partial charge in [0.2, 0.25) is 0 Å². The summed E-state index contributed by atoms with van der Waals surface area (Å²) in [5.74, 6) is 0.688. The summed E-state index contributed by atoms with van der Waals surface area (Å²) >= 11 is 1.18. The number of rotatable bonds is 8. The van der Waals surface area contributed by atoms with Crippen LogP contribution >= 0.6 is 11.8 Å². The lowest BCUT2D eigenvalue weighted by Crippen LogP contribution is -2.09. The van der Waals surface area contributed by atoms with Gasteiger partial charge >= 0.3 is 5.97 Å². The van der Waals surface area contributed by atoms with Crippen molar-refractivity contribution in [1.82, 2.24) is 14.8 Å². The van der Waals surface area contributed by atoms with Crippen LogP contribution in [0, 0.1) is 10.1 Å². The predicted octanol–water partition coefficient (Wildman–Crippen LogP) is 3.30. The van der Waals surface area contributed by atoms with Crippen LogP contribution in [0.1, 0.15) is 12.5 Å². The Morgan fingerprint density at radius 1 is 1.30 bits per heavy atom. The number of nitro groups is 1. The van der Waals surface area contributed by atoms with Gasteiger partial charge in [-0.05, 0) is 25.1 Å². The first kappa shape index (κ1) is 18.6. The van der Waals surface area contributed by atoms with Gasteiger partial charge in [0, 0.05) is 12.6 Å². The van der Waals surface area contributed by atoms with Crippen LogP contribution in [-0.4, -0.2) is 31.4 Å². The predicted molar refractivity (Wildman–Crippen MR) is 97.0 cm³/mol. The van der Waals surface area contributed by atoms with Gasteiger partial charge in [0.15, 0.2) is 16.7 Å². The quantitative estimate of drug-likeness (QED) is 0.250. The van der Waals surface area contributed by atoms with Gasteiger partial charge in [0.05, 0.1) is 22.5 Å². The fraction of sp³-hybridized carbons (Fsp3) is 0.235. The highest BCUT2D eigenvalue weighted by atomic mass is 32.2. The molecule has 0 amide bonds. The summed E-state index contributed by atoms with van der Waals surface area (Å²) in [5.41, 5.74) is 0.268. The van der Waals surface area contributed by atoms with Crippen molar-refractivity contribution in [1.29, 1.82) is 0 Å². The second-order valence-electron chi connectivity index (χ2n) is 5.36. The maximum Gasteiger partial charge on any atom is 0.316 e. The number of carbonyl (C=O) groups is 1. The Balaban J connectivity index is 1.60. The Morgan fingerprint density at radius 3 is 2.81 bits per heavy atom. The van der Waals surface area contributed by atoms with E-state index >= 15 is 0 Å². The molecule has 0 spiro atoms. The van der Waals surface area contributed by atoms with E-state index in [0.29, 0.717) is 28.8 Å². The fourth-order valence-corrected chi connectivity index (χ4v) is 3.20. The zero-order valence-electron chi connectivity index (χ0n) is 14.4. The molecule has 9 nitrogen and oxygen atoms in total. The highest BCUT2D eigenvalue weighted by molar-refractivity contribution is 7.99. The van der Waals surface area contributed by atoms with E-state index in [1.54, 1.807) is 36.6 Å². The Hall–Kier alpha value is -3.14. The number of benzene rings is 1. The zero-order valence-corrected chi connectivity index (χ0v) is 15.2. The lowest BCUT2D eigenvalue weighted by Gasteiger charge is -2.07. The summed E-state index contributed by atoms with van der Waals surface area (Å²) < 4.78 is 12.3. The molecule has 0 aliphatic heterocycles. The fourth-order valence-electron chi connectivity index (χ4n) is 2.40. The molecule has 140 valence electrons. The first-order valence-corrected chi connectivity index (χ1v) is 9.06. The summed E-state index contributed by atoms with van der Waals surface area (Å²) in [6.07, 6.45) is 1.55. The molecular weight excluding hydrogens is 372 g/mol. The molecule has 27 heavy (non-hydrogen) atoms. The molecular formula is C17H16N4O5S. The van der Waals surface area contributed by atoms with Crippen LogP contribution in [-0.2, 0) is 22.7 Å². The van der Waals surface area contributed by atoms with Crippen LogP contribution in [0.25, 0.3) is 11.6 Å². The summed E-state index contributed by atoms with van der Waals surface area (Å²) in [4.78, 5) is 22.5. The van der Waals surface area contributed by atoms with Crippen molar-refractivity contribution in [3.05, 3.63) is 58.3 Å². The molecule has 0 fully saturated rings. The summed E-state index contributed by atoms with van der Waals surface area (Å²) in [6, 6.07) is 9.70. The molecule has 10 heteroatoms. The average molecular weight is 388 g/mol. The Kier molecular flexibility index (Phi) is 5.87. The molecule has 0 N–H and O–H groups in total. The standard InChI is InChI=1S/C17H16N4O5S/c1-2-20-16(14-8-5-9-25-14)18-19-17(20)27-11-15(22)26-10-12-6-3-4-7-13(12)21(23)24/h3-9H,2,10-11H2,1H3. The minimum atomic E-state index is -0.502. The second-order valence-corrected chi connectivity index (χ2v) is 6.31. The average Bonchev–Trinajstić information content (AvgIpc) is 3.33. The van der Waals surface area contributed by atoms with E-state index in [4.69, 9.17) is 9.15 Å². The highest BCUT2D eigenvalue weighted by Gasteiger charge is 2.18. The third-order valence-electron chi connectivity index (χ3n) is 3.67. The first-order chi connectivity index (χ1) is 13.1. The van der Waals surface area contributed by atoms with E-state index in [9.17, 15) is 14.9 Å². The highest BCUT2D eigenvalue weighted by Crippen LogP contribution is 2.24. The Labute approximate surface area is 158 Å². The van der Waals surface area contributed by atoms with Gasteiger partial charge in [-0.2, -0.15) is 0 Å². The molecule has 0 aliphatic rings. The monoisotopic (exact) mass is 388 g/mol. The third-order valence-corrected chi connectivity index (χ3v) is 4.61. The van der Waals surface area contributed by atoms with Crippen molar-refractivity contribution in [2.75, 3.05) is 5.75 Å². The molecule has 0 atom stereocenters. The molecule has 0 unspecified atom stereocenters. The Morgan fingerprint density at radius 2 is 2.11 bits per heavy atom. The van der Waals surface area contributed by atoms with Crippen LogP contribution in [0.3, 0.4) is 0 Å². The van der Waals surface area contributed by atoms with Crippen LogP contribution in [0.4, 0.5) is 5.69 Å². The summed E-state index contributed by atoms with van der Waals surface area (Å²) in [7, 11) is 0. The van der Waals surface area contributed by atoms with E-state index in [1.807, 2.05) is 11.5 Å². The minimum Gasteiger partial charge on any atom is -0.461 e. The van der Waals surface area contributed by atoms with Gasteiger partial charge in [0.1, 0.15) is 6.61 Å². The van der Waals surface area contributed by atoms with Gasteiger partial charge in [-0.1, -0.05) is 23.9 Å². The molecule has 3 rings (SSSR count). The lowest BCUT2D eigenvalue weighted by atomic mass is 10.2. The lowest BCUT2D eigenvalue weighted by molar-refractivity contribution is -0.385. The van der Waals surface area contributed by atoms with Crippen LogP contribution < -0.4 is 0 Å². The van der Waals surface area contributed by atoms with E-state index in [-0.39, 0.29) is 18.0 Å². The number of ether oxygens (including phenoxy) is 1. The molecule has 2 heterocycles. The second kappa shape index (κ2) is 8.49. The molecule has 2 aromatic heterocycles. The molecule has 0 bridgehead atoms. The number of thioether (sulfide) groups is 1. The minimum absolute atomic E-state index is 0.0108. The zero-order chi connectivity index (χ0) is 19.2. The van der Waals surface area contributed by atoms with Gasteiger partial charge in [-0.15, -0.1) is 10.2 Å². The summed E-state index contributed by atoms with van der Waals surface area (Å²) in [5, 5.41) is 19.7. The van der Waals surface area contributed by atoms with E-state index < -0.39 is 10.9 Å².